The van der Waals surface area contributed by atoms with E-state index in [1.807, 2.05) is 12.1 Å². The van der Waals surface area contributed by atoms with Gasteiger partial charge in [-0.05, 0) is 49.4 Å². The highest BCUT2D eigenvalue weighted by Crippen LogP contribution is 2.26. The van der Waals surface area contributed by atoms with Crippen LogP contribution < -0.4 is 10.5 Å². The molecule has 0 spiro atoms. The second-order valence-electron chi connectivity index (χ2n) is 4.19. The van der Waals surface area contributed by atoms with Crippen molar-refractivity contribution < 1.29 is 4.74 Å². The van der Waals surface area contributed by atoms with Gasteiger partial charge in [-0.1, -0.05) is 24.6 Å². The Labute approximate surface area is 103 Å². The van der Waals surface area contributed by atoms with E-state index >= 15 is 0 Å². The Kier molecular flexibility index (Phi) is 5.64. The van der Waals surface area contributed by atoms with Gasteiger partial charge in [0.1, 0.15) is 5.75 Å². The first-order valence-electron chi connectivity index (χ1n) is 5.70. The number of halogens is 1. The molecule has 0 amide bonds. The third kappa shape index (κ3) is 4.03. The maximum Gasteiger partial charge on any atom is 0.137 e. The van der Waals surface area contributed by atoms with Crippen molar-refractivity contribution in [1.82, 2.24) is 0 Å². The molecule has 0 aliphatic heterocycles. The molecule has 3 heteroatoms. The van der Waals surface area contributed by atoms with Gasteiger partial charge in [-0.2, -0.15) is 0 Å². The first-order valence-corrected chi connectivity index (χ1v) is 6.07. The van der Waals surface area contributed by atoms with Crippen LogP contribution in [-0.4, -0.2) is 13.7 Å². The van der Waals surface area contributed by atoms with E-state index in [2.05, 4.69) is 13.0 Å². The van der Waals surface area contributed by atoms with E-state index in [4.69, 9.17) is 22.1 Å². The summed E-state index contributed by atoms with van der Waals surface area (Å²) in [6.45, 7) is 3.00. The topological polar surface area (TPSA) is 35.2 Å². The lowest BCUT2D eigenvalue weighted by atomic mass is 9.98. The normalized spacial score (nSPS) is 12.5. The van der Waals surface area contributed by atoms with E-state index in [1.54, 1.807) is 7.11 Å². The van der Waals surface area contributed by atoms with Crippen LogP contribution in [0, 0.1) is 5.92 Å². The minimum atomic E-state index is 0.672. The van der Waals surface area contributed by atoms with E-state index in [1.165, 1.54) is 5.56 Å². The summed E-state index contributed by atoms with van der Waals surface area (Å²) in [4.78, 5) is 0. The maximum atomic E-state index is 6.06. The molecule has 0 radical (unpaired) electrons. The Hall–Kier alpha value is -0.730. The van der Waals surface area contributed by atoms with Crippen molar-refractivity contribution in [3.8, 4) is 5.75 Å². The third-order valence-corrected chi connectivity index (χ3v) is 3.10. The van der Waals surface area contributed by atoms with Gasteiger partial charge in [-0.3, -0.25) is 0 Å². The predicted molar refractivity (Wildman–Crippen MR) is 69.2 cm³/mol. The molecule has 2 N–H and O–H groups in total. The van der Waals surface area contributed by atoms with Crippen LogP contribution in [0.1, 0.15) is 25.3 Å². The average Bonchev–Trinajstić information content (AvgIpc) is 2.27. The molecule has 0 saturated heterocycles. The quantitative estimate of drug-likeness (QED) is 0.830. The minimum Gasteiger partial charge on any atom is -0.495 e. The second-order valence-corrected chi connectivity index (χ2v) is 4.60. The predicted octanol–water partition coefficient (Wildman–Crippen LogP) is 3.27. The molecule has 0 aromatic heterocycles. The van der Waals surface area contributed by atoms with Gasteiger partial charge in [0.05, 0.1) is 12.1 Å². The molecule has 1 aromatic carbocycles. The van der Waals surface area contributed by atoms with E-state index < -0.39 is 0 Å². The van der Waals surface area contributed by atoms with E-state index in [-0.39, 0.29) is 0 Å². The molecule has 90 valence electrons. The van der Waals surface area contributed by atoms with Crippen LogP contribution in [0.15, 0.2) is 18.2 Å². The molecule has 1 rings (SSSR count). The molecule has 0 fully saturated rings. The lowest BCUT2D eigenvalue weighted by molar-refractivity contribution is 0.414. The van der Waals surface area contributed by atoms with E-state index in [9.17, 15) is 0 Å². The zero-order valence-corrected chi connectivity index (χ0v) is 10.8. The highest BCUT2D eigenvalue weighted by molar-refractivity contribution is 6.32. The molecule has 0 saturated carbocycles. The first-order chi connectivity index (χ1) is 7.67. The number of ether oxygens (including phenoxy) is 1. The molecule has 16 heavy (non-hydrogen) atoms. The Morgan fingerprint density at radius 2 is 2.12 bits per heavy atom. The highest BCUT2D eigenvalue weighted by Gasteiger charge is 2.04. The SMILES string of the molecule is COc1ccc(CCC(C)CCN)cc1Cl. The molecular weight excluding hydrogens is 222 g/mol. The minimum absolute atomic E-state index is 0.672. The summed E-state index contributed by atoms with van der Waals surface area (Å²) in [7, 11) is 1.63. The lowest BCUT2D eigenvalue weighted by Crippen LogP contribution is -2.06. The van der Waals surface area contributed by atoms with Crippen LogP contribution in [-0.2, 0) is 6.42 Å². The average molecular weight is 242 g/mol. The summed E-state index contributed by atoms with van der Waals surface area (Å²) >= 11 is 6.06. The van der Waals surface area contributed by atoms with Crippen LogP contribution >= 0.6 is 11.6 Å². The number of hydrogen-bond donors (Lipinski definition) is 1. The molecule has 1 atom stereocenters. The molecule has 1 aromatic rings. The molecular formula is C13H20ClNO. The summed E-state index contributed by atoms with van der Waals surface area (Å²) in [6, 6.07) is 5.97. The number of benzene rings is 1. The van der Waals surface area contributed by atoms with Crippen LogP contribution in [0.25, 0.3) is 0 Å². The summed E-state index contributed by atoms with van der Waals surface area (Å²) < 4.78 is 5.12. The smallest absolute Gasteiger partial charge is 0.137 e. The van der Waals surface area contributed by atoms with Gasteiger partial charge >= 0.3 is 0 Å². The number of methoxy groups -OCH3 is 1. The fourth-order valence-corrected chi connectivity index (χ4v) is 1.99. The summed E-state index contributed by atoms with van der Waals surface area (Å²) in [5, 5.41) is 0.687. The van der Waals surface area contributed by atoms with Crippen LogP contribution in [0.4, 0.5) is 0 Å². The van der Waals surface area contributed by atoms with Gasteiger partial charge in [0.2, 0.25) is 0 Å². The van der Waals surface area contributed by atoms with E-state index in [0.29, 0.717) is 10.9 Å². The third-order valence-electron chi connectivity index (χ3n) is 2.80. The largest absolute Gasteiger partial charge is 0.495 e. The molecule has 0 aliphatic carbocycles. The number of nitrogens with two attached hydrogens (primary N) is 1. The van der Waals surface area contributed by atoms with Crippen LogP contribution in [0.2, 0.25) is 5.02 Å². The van der Waals surface area contributed by atoms with Crippen molar-refractivity contribution >= 4 is 11.6 Å². The van der Waals surface area contributed by atoms with E-state index in [0.717, 1.165) is 31.6 Å². The molecule has 0 heterocycles. The Balaban J connectivity index is 2.51. The van der Waals surface area contributed by atoms with Crippen molar-refractivity contribution in [2.45, 2.75) is 26.2 Å². The fourth-order valence-electron chi connectivity index (χ4n) is 1.71. The van der Waals surface area contributed by atoms with Crippen molar-refractivity contribution in [3.05, 3.63) is 28.8 Å². The number of rotatable bonds is 6. The van der Waals surface area contributed by atoms with Gasteiger partial charge in [0.15, 0.2) is 0 Å². The Bertz CT molecular complexity index is 328. The van der Waals surface area contributed by atoms with Crippen molar-refractivity contribution in [3.63, 3.8) is 0 Å². The number of hydrogen-bond acceptors (Lipinski definition) is 2. The second kappa shape index (κ2) is 6.77. The fraction of sp³-hybridized carbons (Fsp3) is 0.538. The maximum absolute atomic E-state index is 6.06. The summed E-state index contributed by atoms with van der Waals surface area (Å²) in [5.41, 5.74) is 6.78. The molecule has 0 bridgehead atoms. The zero-order chi connectivity index (χ0) is 12.0. The first kappa shape index (κ1) is 13.3. The summed E-state index contributed by atoms with van der Waals surface area (Å²) in [5.74, 6) is 1.41. The van der Waals surface area contributed by atoms with Crippen LogP contribution in [0.3, 0.4) is 0 Å². The van der Waals surface area contributed by atoms with Gasteiger partial charge in [-0.15, -0.1) is 0 Å². The standard InChI is InChI=1S/C13H20ClNO/c1-10(7-8-15)3-4-11-5-6-13(16-2)12(14)9-11/h5-6,9-10H,3-4,7-8,15H2,1-2H3. The van der Waals surface area contributed by atoms with Gasteiger partial charge in [-0.25, -0.2) is 0 Å². The lowest BCUT2D eigenvalue weighted by Gasteiger charge is -2.10. The number of aryl methyl sites for hydroxylation is 1. The van der Waals surface area contributed by atoms with Crippen molar-refractivity contribution in [2.75, 3.05) is 13.7 Å². The Morgan fingerprint density at radius 1 is 1.38 bits per heavy atom. The van der Waals surface area contributed by atoms with Crippen LogP contribution in [0.5, 0.6) is 5.75 Å². The molecule has 0 aliphatic rings. The van der Waals surface area contributed by atoms with Gasteiger partial charge in [0, 0.05) is 0 Å². The van der Waals surface area contributed by atoms with Crippen molar-refractivity contribution in [2.24, 2.45) is 11.7 Å². The van der Waals surface area contributed by atoms with Crippen molar-refractivity contribution in [1.29, 1.82) is 0 Å². The van der Waals surface area contributed by atoms with Gasteiger partial charge in [0.25, 0.3) is 0 Å². The molecule has 2 nitrogen and oxygen atoms in total. The monoisotopic (exact) mass is 241 g/mol. The van der Waals surface area contributed by atoms with Gasteiger partial charge < -0.3 is 10.5 Å². The summed E-state index contributed by atoms with van der Waals surface area (Å²) in [6.07, 6.45) is 3.29. The highest BCUT2D eigenvalue weighted by atomic mass is 35.5. The Morgan fingerprint density at radius 3 is 2.69 bits per heavy atom. The molecule has 1 unspecified atom stereocenters. The zero-order valence-electron chi connectivity index (χ0n) is 10.0.